The number of thioether (sulfide) groups is 1. The van der Waals surface area contributed by atoms with Gasteiger partial charge in [0.25, 0.3) is 0 Å². The Hall–Kier alpha value is -3.54. The third-order valence-electron chi connectivity index (χ3n) is 5.45. The molecule has 0 aliphatic rings. The highest BCUT2D eigenvalue weighted by Crippen LogP contribution is 2.35. The molecule has 3 heterocycles. The molecule has 0 aliphatic heterocycles. The summed E-state index contributed by atoms with van der Waals surface area (Å²) in [6.45, 7) is 5.42. The molecule has 0 unspecified atom stereocenters. The van der Waals surface area contributed by atoms with Crippen LogP contribution in [0, 0.1) is 12.7 Å². The molecule has 1 aromatic carbocycles. The van der Waals surface area contributed by atoms with Crippen molar-refractivity contribution in [3.63, 3.8) is 0 Å². The molecule has 7 nitrogen and oxygen atoms in total. The van der Waals surface area contributed by atoms with Crippen LogP contribution in [-0.2, 0) is 23.1 Å². The minimum Gasteiger partial charge on any atom is -0.481 e. The summed E-state index contributed by atoms with van der Waals surface area (Å²) >= 11 is 1.27. The van der Waals surface area contributed by atoms with Gasteiger partial charge in [-0.25, -0.2) is 24.3 Å². The summed E-state index contributed by atoms with van der Waals surface area (Å²) in [5.41, 5.74) is 3.22. The normalized spacial score (nSPS) is 12.0. The zero-order valence-electron chi connectivity index (χ0n) is 19.5. The number of aromatic nitrogens is 5. The Bertz CT molecular complexity index is 1450. The van der Waals surface area contributed by atoms with Crippen molar-refractivity contribution < 1.29 is 27.5 Å². The highest BCUT2D eigenvalue weighted by molar-refractivity contribution is 7.98. The number of fused-ring (bicyclic) bond motifs is 1. The number of carboxylic acids is 1. The van der Waals surface area contributed by atoms with Crippen LogP contribution >= 0.6 is 11.8 Å². The van der Waals surface area contributed by atoms with Gasteiger partial charge in [0.1, 0.15) is 11.3 Å². The Kier molecular flexibility index (Phi) is 6.98. The van der Waals surface area contributed by atoms with E-state index in [1.54, 1.807) is 18.5 Å². The molecule has 0 radical (unpaired) electrons. The maximum atomic E-state index is 13.9. The summed E-state index contributed by atoms with van der Waals surface area (Å²) < 4.78 is 55.0. The van der Waals surface area contributed by atoms with Gasteiger partial charge in [0.05, 0.1) is 18.1 Å². The molecule has 0 aliphatic carbocycles. The number of carbonyl (C=O) groups is 1. The van der Waals surface area contributed by atoms with Crippen LogP contribution in [-0.4, -0.2) is 35.6 Å². The predicted molar refractivity (Wildman–Crippen MR) is 126 cm³/mol. The maximum absolute atomic E-state index is 13.9. The third kappa shape index (κ3) is 5.32. The molecule has 0 bridgehead atoms. The van der Waals surface area contributed by atoms with Crippen molar-refractivity contribution in [2.75, 3.05) is 0 Å². The van der Waals surface area contributed by atoms with E-state index in [0.717, 1.165) is 6.20 Å². The van der Waals surface area contributed by atoms with E-state index < -0.39 is 30.2 Å². The number of hydrogen-bond acceptors (Lipinski definition) is 6. The van der Waals surface area contributed by atoms with Crippen molar-refractivity contribution in [2.45, 2.75) is 50.3 Å². The lowest BCUT2D eigenvalue weighted by molar-refractivity contribution is -0.145. The van der Waals surface area contributed by atoms with Gasteiger partial charge in [-0.05, 0) is 38.0 Å². The van der Waals surface area contributed by atoms with E-state index in [-0.39, 0.29) is 17.3 Å². The van der Waals surface area contributed by atoms with Crippen molar-refractivity contribution >= 4 is 28.8 Å². The van der Waals surface area contributed by atoms with Gasteiger partial charge in [-0.3, -0.25) is 4.79 Å². The van der Waals surface area contributed by atoms with E-state index in [2.05, 4.69) is 19.9 Å². The first-order valence-corrected chi connectivity index (χ1v) is 11.8. The monoisotopic (exact) mass is 519 g/mol. The molecule has 0 amide bonds. The lowest BCUT2D eigenvalue weighted by Crippen LogP contribution is -2.12. The topological polar surface area (TPSA) is 93.8 Å². The quantitative estimate of drug-likeness (QED) is 0.186. The number of benzene rings is 1. The number of nitrogens with zero attached hydrogens (tertiary/aromatic N) is 5. The molecule has 0 saturated heterocycles. The van der Waals surface area contributed by atoms with Crippen LogP contribution in [0.15, 0.2) is 41.9 Å². The van der Waals surface area contributed by atoms with Crippen LogP contribution in [0.3, 0.4) is 0 Å². The lowest BCUT2D eigenvalue weighted by atomic mass is 10.1. The van der Waals surface area contributed by atoms with Crippen molar-refractivity contribution in [3.8, 4) is 11.1 Å². The summed E-state index contributed by atoms with van der Waals surface area (Å²) in [6.07, 6.45) is -0.466. The molecule has 36 heavy (non-hydrogen) atoms. The fraction of sp³-hybridized carbons (Fsp3) is 0.292. The fourth-order valence-corrected chi connectivity index (χ4v) is 4.50. The molecule has 0 atom stereocenters. The van der Waals surface area contributed by atoms with Gasteiger partial charge < -0.3 is 9.67 Å². The number of halogens is 4. The standard InChI is InChI=1S/C24H21F4N5O2S/c1-12(2)33-10-17(16-8-29-22(24(26,27)28)31-13(16)3)21-19(33)9-30-23(32-21)36-11-14-4-5-18(25)15(6-14)7-20(34)35/h4-6,8-10,12H,7,11H2,1-3H3,(H,34,35). The average molecular weight is 520 g/mol. The first-order chi connectivity index (χ1) is 16.9. The molecule has 0 fully saturated rings. The largest absolute Gasteiger partial charge is 0.481 e. The minimum atomic E-state index is -4.65. The second-order valence-electron chi connectivity index (χ2n) is 8.41. The van der Waals surface area contributed by atoms with Crippen molar-refractivity contribution in [1.29, 1.82) is 0 Å². The number of carboxylic acid groups (broad SMARTS) is 1. The van der Waals surface area contributed by atoms with Gasteiger partial charge in [-0.1, -0.05) is 23.9 Å². The number of rotatable bonds is 7. The van der Waals surface area contributed by atoms with Gasteiger partial charge in [-0.15, -0.1) is 0 Å². The van der Waals surface area contributed by atoms with Crippen LogP contribution < -0.4 is 0 Å². The Labute approximate surface area is 207 Å². The molecule has 4 aromatic rings. The molecule has 12 heteroatoms. The van der Waals surface area contributed by atoms with Crippen molar-refractivity contribution in [3.05, 3.63) is 65.3 Å². The maximum Gasteiger partial charge on any atom is 0.451 e. The van der Waals surface area contributed by atoms with Crippen molar-refractivity contribution in [2.24, 2.45) is 0 Å². The molecule has 0 saturated carbocycles. The van der Waals surface area contributed by atoms with Crippen LogP contribution in [0.2, 0.25) is 0 Å². The number of alkyl halides is 3. The van der Waals surface area contributed by atoms with Gasteiger partial charge in [0, 0.05) is 41.0 Å². The minimum absolute atomic E-state index is 0.0332. The first-order valence-electron chi connectivity index (χ1n) is 10.8. The van der Waals surface area contributed by atoms with Gasteiger partial charge in [0.15, 0.2) is 5.16 Å². The average Bonchev–Trinajstić information content (AvgIpc) is 3.17. The van der Waals surface area contributed by atoms with Gasteiger partial charge >= 0.3 is 12.1 Å². The van der Waals surface area contributed by atoms with E-state index in [9.17, 15) is 22.4 Å². The Morgan fingerprint density at radius 1 is 1.14 bits per heavy atom. The van der Waals surface area contributed by atoms with Crippen LogP contribution in [0.25, 0.3) is 22.2 Å². The highest BCUT2D eigenvalue weighted by atomic mass is 32.2. The molecule has 0 spiro atoms. The fourth-order valence-electron chi connectivity index (χ4n) is 3.74. The van der Waals surface area contributed by atoms with E-state index in [1.165, 1.54) is 30.8 Å². The summed E-state index contributed by atoms with van der Waals surface area (Å²) in [6, 6.07) is 4.33. The molecule has 3 aromatic heterocycles. The molecular formula is C24H21F4N5O2S. The Morgan fingerprint density at radius 2 is 1.89 bits per heavy atom. The number of aliphatic carboxylic acids is 1. The molecular weight excluding hydrogens is 498 g/mol. The van der Waals surface area contributed by atoms with Gasteiger partial charge in [0.2, 0.25) is 5.82 Å². The Morgan fingerprint density at radius 3 is 2.53 bits per heavy atom. The molecule has 4 rings (SSSR count). The first kappa shape index (κ1) is 25.5. The second kappa shape index (κ2) is 9.84. The highest BCUT2D eigenvalue weighted by Gasteiger charge is 2.35. The predicted octanol–water partition coefficient (Wildman–Crippen LogP) is 5.85. The SMILES string of the molecule is Cc1nc(C(F)(F)F)ncc1-c1cn(C(C)C)c2cnc(SCc3ccc(F)c(CC(=O)O)c3)nc12. The molecule has 1 N–H and O–H groups in total. The van der Waals surface area contributed by atoms with Crippen molar-refractivity contribution in [1.82, 2.24) is 24.5 Å². The van der Waals surface area contributed by atoms with Crippen LogP contribution in [0.4, 0.5) is 17.6 Å². The summed E-state index contributed by atoms with van der Waals surface area (Å²) in [5, 5.41) is 9.37. The van der Waals surface area contributed by atoms with Gasteiger partial charge in [-0.2, -0.15) is 13.2 Å². The van der Waals surface area contributed by atoms with E-state index in [1.807, 2.05) is 18.4 Å². The smallest absolute Gasteiger partial charge is 0.451 e. The second-order valence-corrected chi connectivity index (χ2v) is 9.35. The lowest BCUT2D eigenvalue weighted by Gasteiger charge is -2.09. The number of aryl methyl sites for hydroxylation is 1. The van der Waals surface area contributed by atoms with Crippen LogP contribution in [0.1, 0.15) is 42.5 Å². The molecule has 188 valence electrons. The zero-order valence-corrected chi connectivity index (χ0v) is 20.3. The Balaban J connectivity index is 1.70. The van der Waals surface area contributed by atoms with Crippen LogP contribution in [0.5, 0.6) is 0 Å². The van der Waals surface area contributed by atoms with E-state index in [4.69, 9.17) is 5.11 Å². The number of hydrogen-bond donors (Lipinski definition) is 1. The van der Waals surface area contributed by atoms with E-state index in [0.29, 0.717) is 38.6 Å². The summed E-state index contributed by atoms with van der Waals surface area (Å²) in [5.74, 6) is -2.56. The van der Waals surface area contributed by atoms with E-state index >= 15 is 0 Å². The summed E-state index contributed by atoms with van der Waals surface area (Å²) in [7, 11) is 0. The summed E-state index contributed by atoms with van der Waals surface area (Å²) in [4.78, 5) is 27.2. The third-order valence-corrected chi connectivity index (χ3v) is 6.38. The zero-order chi connectivity index (χ0) is 26.2.